The van der Waals surface area contributed by atoms with Gasteiger partial charge < -0.3 is 15.2 Å². The highest BCUT2D eigenvalue weighted by Crippen LogP contribution is 2.36. The number of rotatable bonds is 3. The van der Waals surface area contributed by atoms with E-state index in [1.54, 1.807) is 24.0 Å². The molecule has 3 rings (SSSR count). The topological polar surface area (TPSA) is 81.2 Å². The van der Waals surface area contributed by atoms with Crippen LogP contribution < -0.4 is 15.2 Å². The van der Waals surface area contributed by atoms with E-state index in [9.17, 15) is 0 Å². The molecule has 0 unspecified atom stereocenters. The zero-order valence-corrected chi connectivity index (χ0v) is 12.2. The molecule has 0 spiro atoms. The molecule has 3 N–H and O–H groups in total. The maximum atomic E-state index is 7.33. The second-order valence-corrected chi connectivity index (χ2v) is 5.70. The molecule has 1 aromatic carbocycles. The van der Waals surface area contributed by atoms with Crippen LogP contribution in [-0.2, 0) is 0 Å². The van der Waals surface area contributed by atoms with Crippen molar-refractivity contribution in [3.8, 4) is 11.5 Å². The molecule has 108 valence electrons. The van der Waals surface area contributed by atoms with E-state index >= 15 is 0 Å². The first kappa shape index (κ1) is 13.8. The average Bonchev–Trinajstić information content (AvgIpc) is 2.72. The van der Waals surface area contributed by atoms with E-state index in [0.29, 0.717) is 18.9 Å². The predicted molar refractivity (Wildman–Crippen MR) is 81.4 cm³/mol. The number of fused-ring (bicyclic) bond motifs is 1. The van der Waals surface area contributed by atoms with Crippen LogP contribution in [-0.4, -0.2) is 24.0 Å². The zero-order valence-electron chi connectivity index (χ0n) is 11.3. The lowest BCUT2D eigenvalue weighted by atomic mass is 10.3. The van der Waals surface area contributed by atoms with E-state index in [1.165, 1.54) is 0 Å². The average molecular weight is 301 g/mol. The van der Waals surface area contributed by atoms with Crippen molar-refractivity contribution in [1.29, 1.82) is 5.41 Å². The summed E-state index contributed by atoms with van der Waals surface area (Å²) >= 11 is 1.58. The van der Waals surface area contributed by atoms with Crippen molar-refractivity contribution in [3.05, 3.63) is 42.2 Å². The molecule has 6 heteroatoms. The molecule has 0 amide bonds. The van der Waals surface area contributed by atoms with Gasteiger partial charge in [0.2, 0.25) is 0 Å². The summed E-state index contributed by atoms with van der Waals surface area (Å²) in [6, 6.07) is 9.55. The van der Waals surface area contributed by atoms with Crippen LogP contribution in [0, 0.1) is 5.41 Å². The molecule has 1 aliphatic rings. The summed E-state index contributed by atoms with van der Waals surface area (Å²) in [7, 11) is 0. The largest absolute Gasteiger partial charge is 0.490 e. The summed E-state index contributed by atoms with van der Waals surface area (Å²) in [5.74, 6) is 1.55. The summed E-state index contributed by atoms with van der Waals surface area (Å²) in [6.45, 7) is 1.37. The van der Waals surface area contributed by atoms with Gasteiger partial charge in [-0.1, -0.05) is 11.8 Å². The van der Waals surface area contributed by atoms with E-state index in [2.05, 4.69) is 4.98 Å². The van der Waals surface area contributed by atoms with Gasteiger partial charge in [-0.25, -0.2) is 0 Å². The van der Waals surface area contributed by atoms with Gasteiger partial charge in [0.05, 0.1) is 13.2 Å². The molecule has 0 radical (unpaired) electrons. The summed E-state index contributed by atoms with van der Waals surface area (Å²) in [4.78, 5) is 6.18. The molecule has 0 saturated carbocycles. The second-order valence-electron chi connectivity index (χ2n) is 4.55. The minimum Gasteiger partial charge on any atom is -0.490 e. The highest BCUT2D eigenvalue weighted by Gasteiger charge is 2.11. The van der Waals surface area contributed by atoms with E-state index in [4.69, 9.17) is 20.6 Å². The Kier molecular flexibility index (Phi) is 3.96. The number of nitrogens with zero attached hydrogens (tertiary/aromatic N) is 1. The second kappa shape index (κ2) is 6.05. The van der Waals surface area contributed by atoms with Gasteiger partial charge in [-0.15, -0.1) is 0 Å². The zero-order chi connectivity index (χ0) is 14.7. The first-order chi connectivity index (χ1) is 10.2. The van der Waals surface area contributed by atoms with Crippen LogP contribution in [0.2, 0.25) is 0 Å². The smallest absolute Gasteiger partial charge is 0.162 e. The van der Waals surface area contributed by atoms with Crippen LogP contribution in [0.4, 0.5) is 0 Å². The number of nitrogens with one attached hydrogen (secondary N) is 1. The van der Waals surface area contributed by atoms with Gasteiger partial charge in [-0.05, 0) is 30.3 Å². The van der Waals surface area contributed by atoms with Crippen LogP contribution in [0.5, 0.6) is 11.5 Å². The highest BCUT2D eigenvalue weighted by molar-refractivity contribution is 7.99. The first-order valence-electron chi connectivity index (χ1n) is 6.60. The molecule has 0 bridgehead atoms. The third-order valence-electron chi connectivity index (χ3n) is 2.97. The number of aromatic nitrogens is 1. The molecule has 2 aromatic rings. The Morgan fingerprint density at radius 3 is 2.57 bits per heavy atom. The molecule has 1 aliphatic heterocycles. The Labute approximate surface area is 127 Å². The normalized spacial score (nSPS) is 13.5. The van der Waals surface area contributed by atoms with Crippen molar-refractivity contribution in [1.82, 2.24) is 4.98 Å². The van der Waals surface area contributed by atoms with E-state index in [-0.39, 0.29) is 5.84 Å². The Balaban J connectivity index is 1.78. The number of amidine groups is 1. The number of hydrogen-bond donors (Lipinski definition) is 2. The first-order valence-corrected chi connectivity index (χ1v) is 7.42. The van der Waals surface area contributed by atoms with Crippen LogP contribution in [0.3, 0.4) is 0 Å². The van der Waals surface area contributed by atoms with Crippen molar-refractivity contribution in [2.24, 2.45) is 5.73 Å². The molecule has 0 fully saturated rings. The molecule has 1 aromatic heterocycles. The van der Waals surface area contributed by atoms with Gasteiger partial charge >= 0.3 is 0 Å². The van der Waals surface area contributed by atoms with Crippen molar-refractivity contribution >= 4 is 17.6 Å². The third-order valence-corrected chi connectivity index (χ3v) is 3.93. The third kappa shape index (κ3) is 3.28. The molecular weight excluding hydrogens is 286 g/mol. The molecule has 2 heterocycles. The van der Waals surface area contributed by atoms with Crippen molar-refractivity contribution in [2.75, 3.05) is 13.2 Å². The minimum atomic E-state index is -0.0258. The predicted octanol–water partition coefficient (Wildman–Crippen LogP) is 2.68. The van der Waals surface area contributed by atoms with Gasteiger partial charge in [-0.2, -0.15) is 0 Å². The molecule has 0 saturated heterocycles. The lowest BCUT2D eigenvalue weighted by molar-refractivity contribution is 0.297. The Hall–Kier alpha value is -2.21. The SMILES string of the molecule is N=C(N)c1ccc(Sc2ccc3c(c2)OCCCO3)cn1. The van der Waals surface area contributed by atoms with Crippen LogP contribution >= 0.6 is 11.8 Å². The fraction of sp³-hybridized carbons (Fsp3) is 0.200. The Bertz CT molecular complexity index is 658. The Morgan fingerprint density at radius 2 is 1.86 bits per heavy atom. The number of pyridine rings is 1. The monoisotopic (exact) mass is 301 g/mol. The van der Waals surface area contributed by atoms with E-state index in [1.807, 2.05) is 24.3 Å². The molecular formula is C15H15N3O2S. The number of ether oxygens (including phenoxy) is 2. The standard InChI is InChI=1S/C15H15N3O2S/c16-15(17)12-4-2-11(9-18-12)21-10-3-5-13-14(8-10)20-7-1-6-19-13/h2-5,8-9H,1,6-7H2,(H3,16,17). The maximum Gasteiger partial charge on any atom is 0.162 e. The number of hydrogen-bond acceptors (Lipinski definition) is 5. The van der Waals surface area contributed by atoms with E-state index < -0.39 is 0 Å². The van der Waals surface area contributed by atoms with Crippen LogP contribution in [0.25, 0.3) is 0 Å². The molecule has 21 heavy (non-hydrogen) atoms. The Morgan fingerprint density at radius 1 is 1.10 bits per heavy atom. The summed E-state index contributed by atoms with van der Waals surface area (Å²) in [5.41, 5.74) is 5.88. The lowest BCUT2D eigenvalue weighted by Crippen LogP contribution is -2.12. The quantitative estimate of drug-likeness (QED) is 0.673. The number of benzene rings is 1. The fourth-order valence-electron chi connectivity index (χ4n) is 1.94. The number of nitrogens with two attached hydrogens (primary N) is 1. The fourth-order valence-corrected chi connectivity index (χ4v) is 2.76. The van der Waals surface area contributed by atoms with Crippen molar-refractivity contribution < 1.29 is 9.47 Å². The van der Waals surface area contributed by atoms with Gasteiger partial charge in [0.1, 0.15) is 11.5 Å². The van der Waals surface area contributed by atoms with Gasteiger partial charge in [0, 0.05) is 22.4 Å². The van der Waals surface area contributed by atoms with Crippen molar-refractivity contribution in [2.45, 2.75) is 16.2 Å². The lowest BCUT2D eigenvalue weighted by Gasteiger charge is -2.09. The van der Waals surface area contributed by atoms with Gasteiger partial charge in [0.15, 0.2) is 11.5 Å². The number of nitrogen functional groups attached to an aromatic ring is 1. The molecule has 5 nitrogen and oxygen atoms in total. The summed E-state index contributed by atoms with van der Waals surface area (Å²) < 4.78 is 11.3. The highest BCUT2D eigenvalue weighted by atomic mass is 32.2. The maximum absolute atomic E-state index is 7.33. The van der Waals surface area contributed by atoms with E-state index in [0.717, 1.165) is 27.7 Å². The van der Waals surface area contributed by atoms with Crippen LogP contribution in [0.15, 0.2) is 46.3 Å². The van der Waals surface area contributed by atoms with Crippen LogP contribution in [0.1, 0.15) is 12.1 Å². The molecule has 0 aliphatic carbocycles. The van der Waals surface area contributed by atoms with Crippen molar-refractivity contribution in [3.63, 3.8) is 0 Å². The summed E-state index contributed by atoms with van der Waals surface area (Å²) in [5, 5.41) is 7.33. The van der Waals surface area contributed by atoms with Gasteiger partial charge in [0.25, 0.3) is 0 Å². The summed E-state index contributed by atoms with van der Waals surface area (Å²) in [6.07, 6.45) is 2.61. The molecule has 0 atom stereocenters. The van der Waals surface area contributed by atoms with Gasteiger partial charge in [-0.3, -0.25) is 10.4 Å². The minimum absolute atomic E-state index is 0.0258.